The van der Waals surface area contributed by atoms with Gasteiger partial charge in [-0.25, -0.2) is 4.57 Å². The highest BCUT2D eigenvalue weighted by molar-refractivity contribution is 7.53. The zero-order chi connectivity index (χ0) is 30.6. The van der Waals surface area contributed by atoms with Gasteiger partial charge in [0, 0.05) is 5.41 Å². The second kappa shape index (κ2) is 11.3. The number of ether oxygens (including phenoxy) is 2. The Balaban J connectivity index is 1.52. The van der Waals surface area contributed by atoms with E-state index in [4.69, 9.17) is 22.9 Å². The van der Waals surface area contributed by atoms with Crippen molar-refractivity contribution < 1.29 is 27.5 Å². The van der Waals surface area contributed by atoms with Crippen molar-refractivity contribution >= 4 is 26.3 Å². The molecule has 0 amide bonds. The van der Waals surface area contributed by atoms with Gasteiger partial charge in [-0.3, -0.25) is 4.52 Å². The lowest BCUT2D eigenvalue weighted by Crippen LogP contribution is -2.68. The van der Waals surface area contributed by atoms with E-state index >= 15 is 0 Å². The zero-order valence-corrected chi connectivity index (χ0v) is 28.6. The molecule has 5 rings (SSSR count). The third-order valence-electron chi connectivity index (χ3n) is 8.77. The third kappa shape index (κ3) is 5.86. The quantitative estimate of drug-likeness (QED) is 0.151. The van der Waals surface area contributed by atoms with Crippen LogP contribution in [-0.2, 0) is 27.5 Å². The summed E-state index contributed by atoms with van der Waals surface area (Å²) >= 11 is 0. The summed E-state index contributed by atoms with van der Waals surface area (Å²) in [5.41, 5.74) is -0.311. The van der Waals surface area contributed by atoms with Gasteiger partial charge in [-0.2, -0.15) is 0 Å². The predicted octanol–water partition coefficient (Wildman–Crippen LogP) is 7.28. The van der Waals surface area contributed by atoms with E-state index in [2.05, 4.69) is 87.5 Å². The molecule has 0 radical (unpaired) electrons. The van der Waals surface area contributed by atoms with Crippen LogP contribution in [0.4, 0.5) is 0 Å². The Morgan fingerprint density at radius 2 is 1.55 bits per heavy atom. The SMILES string of the molecule is CC(C)CP(=O)(O/C=C/[C@]12C[C@@H]1[C@H](O[Si](c1ccccc1)(c1ccccc1)C(C)(C)C)[C@@H]1OC(C)(C)O[C@@H]12)OC(C)C. The molecule has 2 aromatic rings. The molecule has 1 heterocycles. The Hall–Kier alpha value is -1.73. The Bertz CT molecular complexity index is 1250. The topological polar surface area (TPSA) is 63.2 Å². The minimum Gasteiger partial charge on any atom is -0.433 e. The van der Waals surface area contributed by atoms with Gasteiger partial charge >= 0.3 is 7.60 Å². The maximum absolute atomic E-state index is 13.6. The molecule has 0 spiro atoms. The van der Waals surface area contributed by atoms with E-state index in [9.17, 15) is 4.57 Å². The van der Waals surface area contributed by atoms with Crippen LogP contribution >= 0.6 is 7.60 Å². The fraction of sp³-hybridized carbons (Fsp3) is 0.588. The average molecular weight is 613 g/mol. The highest BCUT2D eigenvalue weighted by Crippen LogP contribution is 2.70. The molecule has 42 heavy (non-hydrogen) atoms. The molecule has 6 nitrogen and oxygen atoms in total. The molecule has 6 atom stereocenters. The van der Waals surface area contributed by atoms with Crippen LogP contribution < -0.4 is 10.4 Å². The van der Waals surface area contributed by atoms with Gasteiger partial charge < -0.3 is 18.4 Å². The lowest BCUT2D eigenvalue weighted by molar-refractivity contribution is -0.164. The zero-order valence-electron chi connectivity index (χ0n) is 26.7. The molecule has 230 valence electrons. The maximum Gasteiger partial charge on any atom is 0.379 e. The van der Waals surface area contributed by atoms with E-state index in [0.29, 0.717) is 6.16 Å². The van der Waals surface area contributed by atoms with Crippen molar-refractivity contribution in [2.75, 3.05) is 6.16 Å². The van der Waals surface area contributed by atoms with Gasteiger partial charge in [0.1, 0.15) is 6.10 Å². The van der Waals surface area contributed by atoms with Crippen LogP contribution in [0.2, 0.25) is 5.04 Å². The molecule has 1 unspecified atom stereocenters. The first kappa shape index (κ1) is 31.7. The van der Waals surface area contributed by atoms with Crippen molar-refractivity contribution in [1.29, 1.82) is 0 Å². The van der Waals surface area contributed by atoms with Crippen molar-refractivity contribution in [3.63, 3.8) is 0 Å². The summed E-state index contributed by atoms with van der Waals surface area (Å²) in [6.45, 7) is 18.7. The standard InChI is InChI=1S/C34H49O6PSi/c1-24(2)23-41(35,39-25(3)4)36-21-20-34-22-28(34)29(30-31(34)38-33(8,9)37-30)40-42(32(5,6)7,26-16-12-10-13-17-26)27-18-14-11-15-19-27/h10-21,24-25,28-31H,22-23H2,1-9H3/b21-20+/t28-,29+,30+,31+,34+,41?/m1/s1. The highest BCUT2D eigenvalue weighted by atomic mass is 31.2. The lowest BCUT2D eigenvalue weighted by atomic mass is 9.99. The van der Waals surface area contributed by atoms with Gasteiger partial charge in [0.05, 0.1) is 30.7 Å². The molecule has 2 saturated carbocycles. The van der Waals surface area contributed by atoms with Crippen molar-refractivity contribution in [1.82, 2.24) is 0 Å². The molecule has 1 saturated heterocycles. The van der Waals surface area contributed by atoms with Gasteiger partial charge in [-0.15, -0.1) is 0 Å². The highest BCUT2D eigenvalue weighted by Gasteiger charge is 2.76. The molecule has 2 aliphatic carbocycles. The van der Waals surface area contributed by atoms with Crippen LogP contribution in [0.5, 0.6) is 0 Å². The van der Waals surface area contributed by atoms with Crippen molar-refractivity contribution in [3.8, 4) is 0 Å². The Kier molecular flexibility index (Phi) is 8.54. The molecule has 3 fully saturated rings. The van der Waals surface area contributed by atoms with Gasteiger partial charge in [0.15, 0.2) is 5.79 Å². The summed E-state index contributed by atoms with van der Waals surface area (Å²) in [6.07, 6.45) is 4.17. The summed E-state index contributed by atoms with van der Waals surface area (Å²) in [5, 5.41) is 2.34. The Morgan fingerprint density at radius 1 is 0.976 bits per heavy atom. The number of rotatable bonds is 11. The predicted molar refractivity (Wildman–Crippen MR) is 171 cm³/mol. The van der Waals surface area contributed by atoms with E-state index in [0.717, 1.165) is 6.42 Å². The second-order valence-electron chi connectivity index (χ2n) is 14.4. The number of hydrogen-bond acceptors (Lipinski definition) is 6. The van der Waals surface area contributed by atoms with E-state index in [1.807, 2.05) is 41.5 Å². The van der Waals surface area contributed by atoms with E-state index in [1.54, 1.807) is 6.26 Å². The summed E-state index contributed by atoms with van der Waals surface area (Å²) in [7, 11) is -6.11. The van der Waals surface area contributed by atoms with Crippen LogP contribution in [-0.4, -0.2) is 44.7 Å². The van der Waals surface area contributed by atoms with Crippen molar-refractivity contribution in [3.05, 3.63) is 73.0 Å². The van der Waals surface area contributed by atoms with Gasteiger partial charge in [-0.1, -0.05) is 95.3 Å². The first-order valence-corrected chi connectivity index (χ1v) is 19.0. The second-order valence-corrected chi connectivity index (χ2v) is 20.7. The van der Waals surface area contributed by atoms with Crippen LogP contribution in [0.1, 0.15) is 68.7 Å². The first-order valence-electron chi connectivity index (χ1n) is 15.4. The molecule has 8 heteroatoms. The largest absolute Gasteiger partial charge is 0.433 e. The molecule has 0 bridgehead atoms. The average Bonchev–Trinajstić information content (AvgIpc) is 3.43. The minimum atomic E-state index is -3.29. The third-order valence-corrected chi connectivity index (χ3v) is 16.2. The van der Waals surface area contributed by atoms with Crippen LogP contribution in [0.15, 0.2) is 73.0 Å². The normalized spacial score (nSPS) is 30.0. The van der Waals surface area contributed by atoms with Crippen LogP contribution in [0, 0.1) is 17.3 Å². The first-order chi connectivity index (χ1) is 19.6. The summed E-state index contributed by atoms with van der Waals surface area (Å²) < 4.78 is 46.2. The molecule has 2 aromatic carbocycles. The van der Waals surface area contributed by atoms with Gasteiger partial charge in [0.2, 0.25) is 0 Å². The van der Waals surface area contributed by atoms with Gasteiger partial charge in [-0.05, 0) is 67.4 Å². The van der Waals surface area contributed by atoms with E-state index < -0.39 is 21.7 Å². The van der Waals surface area contributed by atoms with Crippen LogP contribution in [0.3, 0.4) is 0 Å². The molecule has 0 N–H and O–H groups in total. The fourth-order valence-electron chi connectivity index (χ4n) is 7.21. The lowest BCUT2D eigenvalue weighted by Gasteiger charge is -2.45. The molecule has 1 aliphatic heterocycles. The van der Waals surface area contributed by atoms with Gasteiger partial charge in [0.25, 0.3) is 8.32 Å². The number of benzene rings is 2. The Morgan fingerprint density at radius 3 is 2.05 bits per heavy atom. The molecular weight excluding hydrogens is 563 g/mol. The number of fused-ring (bicyclic) bond motifs is 3. The van der Waals surface area contributed by atoms with Crippen molar-refractivity contribution in [2.24, 2.45) is 17.3 Å². The molecule has 3 aliphatic rings. The maximum atomic E-state index is 13.6. The monoisotopic (exact) mass is 612 g/mol. The number of hydrogen-bond donors (Lipinski definition) is 0. The molecular formula is C34H49O6PSi. The minimum absolute atomic E-state index is 0.156. The smallest absolute Gasteiger partial charge is 0.379 e. The summed E-state index contributed by atoms with van der Waals surface area (Å²) in [6, 6.07) is 21.5. The molecule has 0 aromatic heterocycles. The van der Waals surface area contributed by atoms with Crippen LogP contribution in [0.25, 0.3) is 0 Å². The van der Waals surface area contributed by atoms with E-state index in [1.165, 1.54) is 10.4 Å². The summed E-state index contributed by atoms with van der Waals surface area (Å²) in [4.78, 5) is 0. The summed E-state index contributed by atoms with van der Waals surface area (Å²) in [5.74, 6) is -0.353. The van der Waals surface area contributed by atoms with E-state index in [-0.39, 0.29) is 46.7 Å². The van der Waals surface area contributed by atoms with Crippen molar-refractivity contribution in [2.45, 2.75) is 104 Å². The Labute approximate surface area is 253 Å². The fourth-order valence-corrected chi connectivity index (χ4v) is 13.9.